The summed E-state index contributed by atoms with van der Waals surface area (Å²) in [6, 6.07) is 0.687. The molecule has 1 aliphatic carbocycles. The maximum absolute atomic E-state index is 12.6. The summed E-state index contributed by atoms with van der Waals surface area (Å²) in [7, 11) is 0. The van der Waals surface area contributed by atoms with Crippen molar-refractivity contribution in [1.82, 2.24) is 10.2 Å². The summed E-state index contributed by atoms with van der Waals surface area (Å²) in [4.78, 5) is 14.8. The van der Waals surface area contributed by atoms with Crippen molar-refractivity contribution in [2.45, 2.75) is 63.1 Å². The monoisotopic (exact) mass is 252 g/mol. The predicted octanol–water partition coefficient (Wildman–Crippen LogP) is 1.30. The number of carbonyl (C=O) groups excluding carboxylic acids is 1. The molecule has 102 valence electrons. The third kappa shape index (κ3) is 2.41. The molecule has 1 amide bonds. The number of amides is 1. The van der Waals surface area contributed by atoms with Gasteiger partial charge < -0.3 is 15.0 Å². The fraction of sp³-hybridized carbons (Fsp3) is 0.929. The van der Waals surface area contributed by atoms with Crippen molar-refractivity contribution in [1.29, 1.82) is 0 Å². The molecule has 2 aliphatic heterocycles. The zero-order valence-electron chi connectivity index (χ0n) is 11.3. The Hall–Kier alpha value is -0.610. The first-order valence-electron chi connectivity index (χ1n) is 7.34. The van der Waals surface area contributed by atoms with Crippen LogP contribution in [0.2, 0.25) is 0 Å². The molecule has 1 atom stereocenters. The summed E-state index contributed by atoms with van der Waals surface area (Å²) in [6.45, 7) is 4.74. The summed E-state index contributed by atoms with van der Waals surface area (Å²) in [5, 5.41) is 3.51. The molecule has 0 aromatic rings. The molecule has 18 heavy (non-hydrogen) atoms. The van der Waals surface area contributed by atoms with E-state index in [2.05, 4.69) is 17.1 Å². The van der Waals surface area contributed by atoms with Crippen molar-refractivity contribution in [2.75, 3.05) is 19.8 Å². The quantitative estimate of drug-likeness (QED) is 0.823. The van der Waals surface area contributed by atoms with Gasteiger partial charge in [-0.05, 0) is 45.4 Å². The van der Waals surface area contributed by atoms with Crippen LogP contribution < -0.4 is 5.32 Å². The van der Waals surface area contributed by atoms with Gasteiger partial charge in [-0.2, -0.15) is 0 Å². The van der Waals surface area contributed by atoms with E-state index in [1.165, 1.54) is 12.8 Å². The van der Waals surface area contributed by atoms with Gasteiger partial charge in [0.25, 0.3) is 0 Å². The van der Waals surface area contributed by atoms with Crippen molar-refractivity contribution >= 4 is 5.91 Å². The van der Waals surface area contributed by atoms with E-state index in [9.17, 15) is 4.79 Å². The Morgan fingerprint density at radius 3 is 2.67 bits per heavy atom. The number of likely N-dealkylation sites (tertiary alicyclic amines) is 1. The van der Waals surface area contributed by atoms with Gasteiger partial charge in [0.15, 0.2) is 0 Å². The van der Waals surface area contributed by atoms with E-state index in [4.69, 9.17) is 4.74 Å². The van der Waals surface area contributed by atoms with Crippen LogP contribution in [0.4, 0.5) is 0 Å². The second-order valence-corrected chi connectivity index (χ2v) is 6.23. The van der Waals surface area contributed by atoms with Crippen molar-refractivity contribution in [3.8, 4) is 0 Å². The summed E-state index contributed by atoms with van der Waals surface area (Å²) >= 11 is 0. The molecule has 0 bridgehead atoms. The molecule has 3 fully saturated rings. The van der Waals surface area contributed by atoms with Gasteiger partial charge in [-0.1, -0.05) is 0 Å². The average molecular weight is 252 g/mol. The Morgan fingerprint density at radius 2 is 2.00 bits per heavy atom. The first kappa shape index (κ1) is 12.4. The van der Waals surface area contributed by atoms with Crippen LogP contribution >= 0.6 is 0 Å². The predicted molar refractivity (Wildman–Crippen MR) is 69.4 cm³/mol. The molecule has 2 heterocycles. The van der Waals surface area contributed by atoms with Gasteiger partial charge in [-0.3, -0.25) is 4.79 Å². The molecule has 4 heteroatoms. The highest BCUT2D eigenvalue weighted by Crippen LogP contribution is 2.31. The van der Waals surface area contributed by atoms with Crippen LogP contribution in [0, 0.1) is 0 Å². The Balaban J connectivity index is 1.68. The molecule has 0 spiro atoms. The van der Waals surface area contributed by atoms with Gasteiger partial charge in [0.05, 0.1) is 6.04 Å². The number of hydrogen-bond acceptors (Lipinski definition) is 3. The number of carbonyl (C=O) groups is 1. The fourth-order valence-electron chi connectivity index (χ4n) is 3.18. The molecule has 0 radical (unpaired) electrons. The standard InChI is InChI=1S/C14H24N2O2/c1-14(6-9-18-10-7-14)16-8-2-3-12(13(16)17)15-11-4-5-11/h11-12,15H,2-10H2,1H3. The Morgan fingerprint density at radius 1 is 1.28 bits per heavy atom. The number of nitrogens with one attached hydrogen (secondary N) is 1. The molecule has 1 N–H and O–H groups in total. The van der Waals surface area contributed by atoms with Crippen molar-refractivity contribution in [3.05, 3.63) is 0 Å². The summed E-state index contributed by atoms with van der Waals surface area (Å²) in [5.41, 5.74) is 0.0270. The molecule has 1 saturated carbocycles. The third-order valence-corrected chi connectivity index (χ3v) is 4.67. The zero-order valence-corrected chi connectivity index (χ0v) is 11.3. The van der Waals surface area contributed by atoms with Crippen molar-refractivity contribution < 1.29 is 9.53 Å². The van der Waals surface area contributed by atoms with Gasteiger partial charge in [0.2, 0.25) is 5.91 Å². The lowest BCUT2D eigenvalue weighted by atomic mass is 9.87. The molecule has 2 saturated heterocycles. The number of ether oxygens (including phenoxy) is 1. The van der Waals surface area contributed by atoms with Crippen LogP contribution in [0.25, 0.3) is 0 Å². The van der Waals surface area contributed by atoms with E-state index in [1.807, 2.05) is 0 Å². The topological polar surface area (TPSA) is 41.6 Å². The Labute approximate surface area is 109 Å². The minimum absolute atomic E-state index is 0.0270. The molecule has 0 aromatic heterocycles. The molecule has 4 nitrogen and oxygen atoms in total. The normalized spacial score (nSPS) is 32.6. The highest BCUT2D eigenvalue weighted by Gasteiger charge is 2.42. The Kier molecular flexibility index (Phi) is 3.32. The number of hydrogen-bond donors (Lipinski definition) is 1. The SMILES string of the molecule is CC1(N2CCCC(NC3CC3)C2=O)CCOCC1. The number of nitrogens with zero attached hydrogens (tertiary/aromatic N) is 1. The molecular weight excluding hydrogens is 228 g/mol. The summed E-state index contributed by atoms with van der Waals surface area (Å²) in [6.07, 6.45) is 6.60. The van der Waals surface area contributed by atoms with E-state index < -0.39 is 0 Å². The van der Waals surface area contributed by atoms with Crippen LogP contribution in [0.5, 0.6) is 0 Å². The smallest absolute Gasteiger partial charge is 0.240 e. The second-order valence-electron chi connectivity index (χ2n) is 6.23. The van der Waals surface area contributed by atoms with Gasteiger partial charge in [-0.25, -0.2) is 0 Å². The van der Waals surface area contributed by atoms with Crippen LogP contribution in [0.1, 0.15) is 45.4 Å². The van der Waals surface area contributed by atoms with Crippen molar-refractivity contribution in [2.24, 2.45) is 0 Å². The van der Waals surface area contributed by atoms with Gasteiger partial charge in [0, 0.05) is 31.3 Å². The maximum atomic E-state index is 12.6. The largest absolute Gasteiger partial charge is 0.381 e. The van der Waals surface area contributed by atoms with E-state index >= 15 is 0 Å². The molecule has 1 unspecified atom stereocenters. The van der Waals surface area contributed by atoms with Crippen LogP contribution in [-0.2, 0) is 9.53 Å². The van der Waals surface area contributed by atoms with Crippen molar-refractivity contribution in [3.63, 3.8) is 0 Å². The van der Waals surface area contributed by atoms with Gasteiger partial charge in [0.1, 0.15) is 0 Å². The molecule has 3 rings (SSSR count). The first-order chi connectivity index (χ1) is 8.69. The average Bonchev–Trinajstić information content (AvgIpc) is 3.16. The lowest BCUT2D eigenvalue weighted by Crippen LogP contribution is -2.60. The van der Waals surface area contributed by atoms with E-state index in [0.717, 1.165) is 45.4 Å². The van der Waals surface area contributed by atoms with E-state index in [1.54, 1.807) is 0 Å². The highest BCUT2D eigenvalue weighted by molar-refractivity contribution is 5.83. The lowest BCUT2D eigenvalue weighted by Gasteiger charge is -2.47. The first-order valence-corrected chi connectivity index (χ1v) is 7.34. The third-order valence-electron chi connectivity index (χ3n) is 4.67. The molecule has 0 aromatic carbocycles. The minimum Gasteiger partial charge on any atom is -0.381 e. The second kappa shape index (κ2) is 4.82. The summed E-state index contributed by atoms with van der Waals surface area (Å²) < 4.78 is 5.44. The van der Waals surface area contributed by atoms with Gasteiger partial charge in [-0.15, -0.1) is 0 Å². The van der Waals surface area contributed by atoms with E-state index in [-0.39, 0.29) is 11.6 Å². The number of rotatable bonds is 3. The lowest BCUT2D eigenvalue weighted by molar-refractivity contribution is -0.146. The molecule has 3 aliphatic rings. The van der Waals surface area contributed by atoms with Crippen LogP contribution in [-0.4, -0.2) is 48.2 Å². The fourth-order valence-corrected chi connectivity index (χ4v) is 3.18. The highest BCUT2D eigenvalue weighted by atomic mass is 16.5. The zero-order chi connectivity index (χ0) is 12.6. The van der Waals surface area contributed by atoms with E-state index in [0.29, 0.717) is 11.9 Å². The van der Waals surface area contributed by atoms with Crippen LogP contribution in [0.3, 0.4) is 0 Å². The molecular formula is C14H24N2O2. The van der Waals surface area contributed by atoms with Gasteiger partial charge >= 0.3 is 0 Å². The summed E-state index contributed by atoms with van der Waals surface area (Å²) in [5.74, 6) is 0.331. The maximum Gasteiger partial charge on any atom is 0.240 e. The number of piperidine rings is 1. The Bertz CT molecular complexity index is 322. The van der Waals surface area contributed by atoms with Crippen LogP contribution in [0.15, 0.2) is 0 Å². The minimum atomic E-state index is 0.0270.